The lowest BCUT2D eigenvalue weighted by Gasteiger charge is -2.12. The van der Waals surface area contributed by atoms with E-state index < -0.39 is 0 Å². The summed E-state index contributed by atoms with van der Waals surface area (Å²) in [4.78, 5) is 24.5. The summed E-state index contributed by atoms with van der Waals surface area (Å²) in [7, 11) is 1.36. The molecule has 0 atom stereocenters. The number of rotatable bonds is 6. The number of carbonyl (C=O) groups is 1. The van der Waals surface area contributed by atoms with Gasteiger partial charge in [0.25, 0.3) is 0 Å². The average Bonchev–Trinajstić information content (AvgIpc) is 2.69. The number of ether oxygens (including phenoxy) is 1. The molecule has 3 N–H and O–H groups in total. The molecule has 1 aromatic carbocycles. The Kier molecular flexibility index (Phi) is 5.61. The van der Waals surface area contributed by atoms with Gasteiger partial charge in [-0.3, -0.25) is 4.79 Å². The van der Waals surface area contributed by atoms with Crippen LogP contribution in [0.25, 0.3) is 22.4 Å². The van der Waals surface area contributed by atoms with Crippen LogP contribution < -0.4 is 11.1 Å². The maximum atomic E-state index is 11.3. The number of benzene rings is 1. The molecule has 0 aliphatic rings. The third-order valence-electron chi connectivity index (χ3n) is 4.05. The van der Waals surface area contributed by atoms with E-state index in [2.05, 4.69) is 25.0 Å². The third kappa shape index (κ3) is 4.58. The zero-order valence-corrected chi connectivity index (χ0v) is 15.3. The predicted octanol–water partition coefficient (Wildman–Crippen LogP) is 3.07. The zero-order chi connectivity index (χ0) is 19.2. The monoisotopic (exact) mass is 363 g/mol. The highest BCUT2D eigenvalue weighted by atomic mass is 16.5. The van der Waals surface area contributed by atoms with Crippen molar-refractivity contribution < 1.29 is 9.53 Å². The van der Waals surface area contributed by atoms with Crippen molar-refractivity contribution in [3.05, 3.63) is 54.4 Å². The molecule has 0 radical (unpaired) electrons. The largest absolute Gasteiger partial charge is 0.469 e. The first kappa shape index (κ1) is 18.3. The lowest BCUT2D eigenvalue weighted by molar-refractivity contribution is -0.140. The Morgan fingerprint density at radius 3 is 2.48 bits per heavy atom. The first-order chi connectivity index (χ1) is 13.1. The number of carbonyl (C=O) groups excluding carboxylic acids is 1. The maximum absolute atomic E-state index is 11.3. The molecule has 0 spiro atoms. The fraction of sp³-hybridized carbons (Fsp3) is 0.200. The van der Waals surface area contributed by atoms with E-state index in [1.54, 1.807) is 18.5 Å². The smallest absolute Gasteiger partial charge is 0.307 e. The molecule has 0 fully saturated rings. The number of nitrogens with two attached hydrogens (primary N) is 1. The van der Waals surface area contributed by atoms with Crippen molar-refractivity contribution in [1.82, 2.24) is 15.0 Å². The van der Waals surface area contributed by atoms with E-state index in [-0.39, 0.29) is 12.4 Å². The van der Waals surface area contributed by atoms with Crippen LogP contribution in [0.1, 0.15) is 12.0 Å². The lowest BCUT2D eigenvalue weighted by atomic mass is 10.0. The van der Waals surface area contributed by atoms with Crippen molar-refractivity contribution in [3.8, 4) is 22.4 Å². The minimum atomic E-state index is -0.286. The van der Waals surface area contributed by atoms with Crippen LogP contribution in [-0.2, 0) is 9.53 Å². The Morgan fingerprint density at radius 1 is 1.07 bits per heavy atom. The quantitative estimate of drug-likeness (QED) is 0.649. The second-order valence-electron chi connectivity index (χ2n) is 6.05. The van der Waals surface area contributed by atoms with Gasteiger partial charge in [-0.15, -0.1) is 0 Å². The lowest BCUT2D eigenvalue weighted by Crippen LogP contribution is -2.12. The molecule has 2 heterocycles. The Bertz CT molecular complexity index is 924. The van der Waals surface area contributed by atoms with Crippen molar-refractivity contribution in [3.63, 3.8) is 0 Å². The van der Waals surface area contributed by atoms with Gasteiger partial charge in [0.2, 0.25) is 5.95 Å². The van der Waals surface area contributed by atoms with E-state index in [0.29, 0.717) is 18.3 Å². The first-order valence-electron chi connectivity index (χ1n) is 8.53. The van der Waals surface area contributed by atoms with Crippen LogP contribution in [0.15, 0.2) is 48.8 Å². The van der Waals surface area contributed by atoms with Crippen molar-refractivity contribution in [2.24, 2.45) is 0 Å². The second-order valence-corrected chi connectivity index (χ2v) is 6.05. The molecule has 0 saturated heterocycles. The predicted molar refractivity (Wildman–Crippen MR) is 105 cm³/mol. The molecule has 0 aliphatic carbocycles. The van der Waals surface area contributed by atoms with Gasteiger partial charge in [-0.25, -0.2) is 15.0 Å². The topological polar surface area (TPSA) is 103 Å². The summed E-state index contributed by atoms with van der Waals surface area (Å²) in [6, 6.07) is 11.7. The summed E-state index contributed by atoms with van der Waals surface area (Å²) in [5.41, 5.74) is 10.3. The van der Waals surface area contributed by atoms with Crippen LogP contribution in [0.3, 0.4) is 0 Å². The Labute approximate surface area is 157 Å². The van der Waals surface area contributed by atoms with Gasteiger partial charge in [-0.2, -0.15) is 0 Å². The molecule has 3 rings (SSSR count). The SMILES string of the molecule is COC(=O)CCNc1ncc(-c2ccc(N)nc2)c(-c2ccc(C)cc2)n1. The van der Waals surface area contributed by atoms with E-state index in [9.17, 15) is 4.79 Å². The van der Waals surface area contributed by atoms with Crippen LogP contribution >= 0.6 is 0 Å². The highest BCUT2D eigenvalue weighted by Crippen LogP contribution is 2.30. The minimum absolute atomic E-state index is 0.239. The number of aryl methyl sites for hydroxylation is 1. The zero-order valence-electron chi connectivity index (χ0n) is 15.3. The van der Waals surface area contributed by atoms with Crippen molar-refractivity contribution in [2.45, 2.75) is 13.3 Å². The molecule has 2 aromatic heterocycles. The number of pyridine rings is 1. The summed E-state index contributed by atoms with van der Waals surface area (Å²) in [6.07, 6.45) is 3.69. The molecule has 0 amide bonds. The molecule has 7 heteroatoms. The number of anilines is 2. The van der Waals surface area contributed by atoms with Crippen LogP contribution in [0.4, 0.5) is 11.8 Å². The van der Waals surface area contributed by atoms with E-state index in [1.165, 1.54) is 12.7 Å². The van der Waals surface area contributed by atoms with Crippen molar-refractivity contribution in [1.29, 1.82) is 0 Å². The summed E-state index contributed by atoms with van der Waals surface area (Å²) in [5, 5.41) is 3.06. The van der Waals surface area contributed by atoms with Crippen LogP contribution in [0.2, 0.25) is 0 Å². The van der Waals surface area contributed by atoms with Crippen molar-refractivity contribution >= 4 is 17.7 Å². The second kappa shape index (κ2) is 8.27. The molecule has 7 nitrogen and oxygen atoms in total. The van der Waals surface area contributed by atoms with Gasteiger partial charge in [-0.1, -0.05) is 29.8 Å². The molecular formula is C20H21N5O2. The highest BCUT2D eigenvalue weighted by molar-refractivity contribution is 5.80. The van der Waals surface area contributed by atoms with Gasteiger partial charge in [-0.05, 0) is 19.1 Å². The number of hydrogen-bond acceptors (Lipinski definition) is 7. The Balaban J connectivity index is 1.96. The Morgan fingerprint density at radius 2 is 1.81 bits per heavy atom. The molecule has 3 aromatic rings. The molecule has 0 aliphatic heterocycles. The highest BCUT2D eigenvalue weighted by Gasteiger charge is 2.12. The van der Waals surface area contributed by atoms with E-state index in [0.717, 1.165) is 22.4 Å². The van der Waals surface area contributed by atoms with E-state index in [4.69, 9.17) is 5.73 Å². The molecule has 138 valence electrons. The summed E-state index contributed by atoms with van der Waals surface area (Å²) in [6.45, 7) is 2.43. The summed E-state index contributed by atoms with van der Waals surface area (Å²) >= 11 is 0. The normalized spacial score (nSPS) is 10.4. The average molecular weight is 363 g/mol. The molecule has 0 saturated carbocycles. The van der Waals surface area contributed by atoms with Gasteiger partial charge >= 0.3 is 5.97 Å². The summed E-state index contributed by atoms with van der Waals surface area (Å²) in [5.74, 6) is 0.616. The number of hydrogen-bond donors (Lipinski definition) is 2. The third-order valence-corrected chi connectivity index (χ3v) is 4.05. The maximum Gasteiger partial charge on any atom is 0.307 e. The molecule has 0 unspecified atom stereocenters. The van der Waals surface area contributed by atoms with Gasteiger partial charge < -0.3 is 15.8 Å². The van der Waals surface area contributed by atoms with Gasteiger partial charge in [0.05, 0.1) is 19.2 Å². The molecule has 27 heavy (non-hydrogen) atoms. The molecular weight excluding hydrogens is 342 g/mol. The van der Waals surface area contributed by atoms with Crippen molar-refractivity contribution in [2.75, 3.05) is 24.7 Å². The number of nitrogens with zero attached hydrogens (tertiary/aromatic N) is 3. The minimum Gasteiger partial charge on any atom is -0.469 e. The summed E-state index contributed by atoms with van der Waals surface area (Å²) < 4.78 is 4.64. The van der Waals surface area contributed by atoms with Gasteiger partial charge in [0, 0.05) is 35.6 Å². The van der Waals surface area contributed by atoms with E-state index in [1.807, 2.05) is 37.3 Å². The fourth-order valence-corrected chi connectivity index (χ4v) is 2.55. The number of aromatic nitrogens is 3. The first-order valence-corrected chi connectivity index (χ1v) is 8.53. The fourth-order valence-electron chi connectivity index (χ4n) is 2.55. The standard InChI is InChI=1S/C20H21N5O2/c1-13-3-5-14(6-4-13)19-16(15-7-8-17(21)23-11-15)12-24-20(25-19)22-10-9-18(26)27-2/h3-8,11-12H,9-10H2,1-2H3,(H2,21,23)(H,22,24,25). The van der Waals surface area contributed by atoms with Gasteiger partial charge in [0.1, 0.15) is 5.82 Å². The Hall–Kier alpha value is -3.48. The van der Waals surface area contributed by atoms with Crippen LogP contribution in [0, 0.1) is 6.92 Å². The van der Waals surface area contributed by atoms with E-state index >= 15 is 0 Å². The van der Waals surface area contributed by atoms with Gasteiger partial charge in [0.15, 0.2) is 0 Å². The number of nitrogens with one attached hydrogen (secondary N) is 1. The number of nitrogen functional groups attached to an aromatic ring is 1. The van der Waals surface area contributed by atoms with Crippen LogP contribution in [0.5, 0.6) is 0 Å². The van der Waals surface area contributed by atoms with Crippen LogP contribution in [-0.4, -0.2) is 34.6 Å². The number of esters is 1. The number of methoxy groups -OCH3 is 1. The molecule has 0 bridgehead atoms.